The van der Waals surface area contributed by atoms with Crippen molar-refractivity contribution in [2.75, 3.05) is 12.4 Å². The number of hydrogen-bond acceptors (Lipinski definition) is 3. The highest BCUT2D eigenvalue weighted by Gasteiger charge is 2.06. The van der Waals surface area contributed by atoms with Crippen molar-refractivity contribution in [3.8, 4) is 5.75 Å². The number of rotatable bonds is 4. The topological polar surface area (TPSA) is 34.4 Å². The van der Waals surface area contributed by atoms with E-state index in [0.29, 0.717) is 6.54 Å². The van der Waals surface area contributed by atoms with E-state index in [0.717, 1.165) is 28.2 Å². The Morgan fingerprint density at radius 1 is 1.10 bits per heavy atom. The van der Waals surface area contributed by atoms with Crippen molar-refractivity contribution < 1.29 is 9.15 Å². The number of aryl methyl sites for hydroxylation is 1. The molecule has 3 aromatic rings. The molecule has 3 heteroatoms. The van der Waals surface area contributed by atoms with Gasteiger partial charge in [-0.2, -0.15) is 0 Å². The molecule has 0 unspecified atom stereocenters. The van der Waals surface area contributed by atoms with Crippen LogP contribution in [0.15, 0.2) is 52.9 Å². The molecule has 2 aromatic carbocycles. The number of hydrogen-bond donors (Lipinski definition) is 1. The molecule has 0 saturated heterocycles. The van der Waals surface area contributed by atoms with Gasteiger partial charge in [0.15, 0.2) is 0 Å². The van der Waals surface area contributed by atoms with E-state index in [2.05, 4.69) is 30.4 Å². The molecule has 0 atom stereocenters. The third kappa shape index (κ3) is 2.48. The predicted molar refractivity (Wildman–Crippen MR) is 81.3 cm³/mol. The number of methoxy groups -OCH3 is 1. The Morgan fingerprint density at radius 2 is 1.95 bits per heavy atom. The minimum Gasteiger partial charge on any atom is -0.495 e. The maximum Gasteiger partial charge on any atom is 0.141 e. The maximum atomic E-state index is 5.79. The van der Waals surface area contributed by atoms with Crippen molar-refractivity contribution >= 4 is 16.7 Å². The average Bonchev–Trinajstić information content (AvgIpc) is 2.88. The molecule has 1 N–H and O–H groups in total. The molecule has 0 aliphatic heterocycles. The van der Waals surface area contributed by atoms with E-state index < -0.39 is 0 Å². The fourth-order valence-electron chi connectivity index (χ4n) is 2.27. The molecule has 3 rings (SSSR count). The molecular formula is C17H17NO2. The Balaban J connectivity index is 1.80. The highest BCUT2D eigenvalue weighted by Crippen LogP contribution is 2.26. The quantitative estimate of drug-likeness (QED) is 0.762. The van der Waals surface area contributed by atoms with Gasteiger partial charge >= 0.3 is 0 Å². The lowest BCUT2D eigenvalue weighted by molar-refractivity contribution is 0.416. The van der Waals surface area contributed by atoms with Crippen molar-refractivity contribution in [3.63, 3.8) is 0 Å². The second-order valence-corrected chi connectivity index (χ2v) is 4.81. The molecule has 0 radical (unpaired) electrons. The minimum absolute atomic E-state index is 0.633. The number of nitrogens with one attached hydrogen (secondary N) is 1. The second-order valence-electron chi connectivity index (χ2n) is 4.81. The fraction of sp³-hybridized carbons (Fsp3) is 0.176. The largest absolute Gasteiger partial charge is 0.495 e. The Morgan fingerprint density at radius 3 is 2.75 bits per heavy atom. The van der Waals surface area contributed by atoms with Crippen molar-refractivity contribution in [3.05, 3.63) is 59.9 Å². The number of furan rings is 1. The smallest absolute Gasteiger partial charge is 0.141 e. The van der Waals surface area contributed by atoms with Crippen LogP contribution in [0.1, 0.15) is 11.3 Å². The Hall–Kier alpha value is -2.42. The number of para-hydroxylation sites is 1. The molecule has 0 aliphatic carbocycles. The monoisotopic (exact) mass is 267 g/mol. The molecule has 0 saturated carbocycles. The van der Waals surface area contributed by atoms with Crippen LogP contribution in [-0.4, -0.2) is 7.11 Å². The molecule has 1 heterocycles. The summed E-state index contributed by atoms with van der Waals surface area (Å²) in [7, 11) is 1.68. The van der Waals surface area contributed by atoms with Gasteiger partial charge in [0.2, 0.25) is 0 Å². The minimum atomic E-state index is 0.633. The first-order valence-corrected chi connectivity index (χ1v) is 6.62. The standard InChI is InChI=1S/C17H17NO2/c1-12-7-8-17(19-2)15(9-12)18-11-14-10-13-5-3-4-6-16(13)20-14/h3-10,18H,11H2,1-2H3. The van der Waals surface area contributed by atoms with Crippen LogP contribution < -0.4 is 10.1 Å². The second kappa shape index (κ2) is 5.29. The Bertz CT molecular complexity index is 698. The van der Waals surface area contributed by atoms with Gasteiger partial charge < -0.3 is 14.5 Å². The van der Waals surface area contributed by atoms with Crippen molar-refractivity contribution in [1.29, 1.82) is 0 Å². The third-order valence-corrected chi connectivity index (χ3v) is 3.28. The zero-order chi connectivity index (χ0) is 13.9. The van der Waals surface area contributed by atoms with E-state index in [-0.39, 0.29) is 0 Å². The lowest BCUT2D eigenvalue weighted by atomic mass is 10.2. The van der Waals surface area contributed by atoms with Gasteiger partial charge in [0, 0.05) is 5.39 Å². The van der Waals surface area contributed by atoms with E-state index >= 15 is 0 Å². The van der Waals surface area contributed by atoms with Gasteiger partial charge in [-0.05, 0) is 36.8 Å². The molecule has 20 heavy (non-hydrogen) atoms. The summed E-state index contributed by atoms with van der Waals surface area (Å²) < 4.78 is 11.1. The summed E-state index contributed by atoms with van der Waals surface area (Å²) in [6.45, 7) is 2.69. The predicted octanol–water partition coefficient (Wildman–Crippen LogP) is 4.36. The van der Waals surface area contributed by atoms with Gasteiger partial charge in [0.05, 0.1) is 19.3 Å². The Labute approximate surface area is 118 Å². The summed E-state index contributed by atoms with van der Waals surface area (Å²) in [4.78, 5) is 0. The first-order valence-electron chi connectivity index (χ1n) is 6.62. The fourth-order valence-corrected chi connectivity index (χ4v) is 2.27. The number of ether oxygens (including phenoxy) is 1. The summed E-state index contributed by atoms with van der Waals surface area (Å²) in [5, 5.41) is 4.49. The average molecular weight is 267 g/mol. The lowest BCUT2D eigenvalue weighted by Gasteiger charge is -2.10. The summed E-state index contributed by atoms with van der Waals surface area (Å²) in [5.41, 5.74) is 3.09. The van der Waals surface area contributed by atoms with Gasteiger partial charge in [-0.25, -0.2) is 0 Å². The number of fused-ring (bicyclic) bond motifs is 1. The molecule has 0 amide bonds. The van der Waals surface area contributed by atoms with Crippen molar-refractivity contribution in [2.45, 2.75) is 13.5 Å². The summed E-state index contributed by atoms with van der Waals surface area (Å²) in [6.07, 6.45) is 0. The Kier molecular flexibility index (Phi) is 3.33. The maximum absolute atomic E-state index is 5.79. The first-order chi connectivity index (χ1) is 9.76. The van der Waals surface area contributed by atoms with Crippen molar-refractivity contribution in [1.82, 2.24) is 0 Å². The molecule has 1 aromatic heterocycles. The lowest BCUT2D eigenvalue weighted by Crippen LogP contribution is -2.00. The van der Waals surface area contributed by atoms with Crippen LogP contribution in [0.25, 0.3) is 11.0 Å². The molecule has 0 spiro atoms. The van der Waals surface area contributed by atoms with Crippen LogP contribution in [0, 0.1) is 6.92 Å². The van der Waals surface area contributed by atoms with E-state index in [9.17, 15) is 0 Å². The third-order valence-electron chi connectivity index (χ3n) is 3.28. The molecule has 102 valence electrons. The van der Waals surface area contributed by atoms with Crippen LogP contribution in [0.2, 0.25) is 0 Å². The molecule has 0 fully saturated rings. The van der Waals surface area contributed by atoms with E-state index in [4.69, 9.17) is 9.15 Å². The van der Waals surface area contributed by atoms with E-state index in [1.165, 1.54) is 5.56 Å². The number of anilines is 1. The van der Waals surface area contributed by atoms with Gasteiger partial charge in [0.1, 0.15) is 17.1 Å². The van der Waals surface area contributed by atoms with Crippen molar-refractivity contribution in [2.24, 2.45) is 0 Å². The normalized spacial score (nSPS) is 10.7. The van der Waals surface area contributed by atoms with Crippen LogP contribution in [-0.2, 0) is 6.54 Å². The van der Waals surface area contributed by atoms with Gasteiger partial charge in [-0.1, -0.05) is 24.3 Å². The van der Waals surface area contributed by atoms with Gasteiger partial charge in [0.25, 0.3) is 0 Å². The zero-order valence-electron chi connectivity index (χ0n) is 11.6. The van der Waals surface area contributed by atoms with Crippen LogP contribution >= 0.6 is 0 Å². The highest BCUT2D eigenvalue weighted by atomic mass is 16.5. The van der Waals surface area contributed by atoms with Crippen LogP contribution in [0.4, 0.5) is 5.69 Å². The van der Waals surface area contributed by atoms with E-state index in [1.807, 2.05) is 30.3 Å². The summed E-state index contributed by atoms with van der Waals surface area (Å²) in [6, 6.07) is 16.2. The summed E-state index contributed by atoms with van der Waals surface area (Å²) in [5.74, 6) is 1.75. The zero-order valence-corrected chi connectivity index (χ0v) is 11.6. The van der Waals surface area contributed by atoms with Crippen LogP contribution in [0.5, 0.6) is 5.75 Å². The molecule has 0 bridgehead atoms. The molecule has 0 aliphatic rings. The van der Waals surface area contributed by atoms with Gasteiger partial charge in [-0.3, -0.25) is 0 Å². The summed E-state index contributed by atoms with van der Waals surface area (Å²) >= 11 is 0. The molecular weight excluding hydrogens is 250 g/mol. The molecule has 3 nitrogen and oxygen atoms in total. The van der Waals surface area contributed by atoms with Crippen LogP contribution in [0.3, 0.4) is 0 Å². The number of benzene rings is 2. The van der Waals surface area contributed by atoms with E-state index in [1.54, 1.807) is 7.11 Å². The highest BCUT2D eigenvalue weighted by molar-refractivity contribution is 5.77. The van der Waals surface area contributed by atoms with Gasteiger partial charge in [-0.15, -0.1) is 0 Å². The SMILES string of the molecule is COc1ccc(C)cc1NCc1cc2ccccc2o1. The first kappa shape index (κ1) is 12.6.